The molecule has 2 saturated carbocycles. The minimum Gasteiger partial charge on any atom is -0.497 e. The Morgan fingerprint density at radius 3 is 2.61 bits per heavy atom. The highest BCUT2D eigenvalue weighted by Gasteiger charge is 2.62. The predicted octanol–water partition coefficient (Wildman–Crippen LogP) is 3.20. The van der Waals surface area contributed by atoms with Gasteiger partial charge in [0.15, 0.2) is 0 Å². The van der Waals surface area contributed by atoms with E-state index < -0.39 is 17.0 Å². The van der Waals surface area contributed by atoms with E-state index in [1.165, 1.54) is 12.8 Å². The number of imide groups is 1. The molecule has 4 atom stereocenters. The van der Waals surface area contributed by atoms with Crippen LogP contribution in [0, 0.1) is 18.8 Å². The van der Waals surface area contributed by atoms with Crippen molar-refractivity contribution in [2.45, 2.75) is 76.4 Å². The number of aryl methyl sites for hydroxylation is 1. The maximum absolute atomic E-state index is 13.3. The van der Waals surface area contributed by atoms with Crippen LogP contribution in [0.5, 0.6) is 5.75 Å². The maximum Gasteiger partial charge on any atom is 0.321 e. The van der Waals surface area contributed by atoms with Crippen molar-refractivity contribution in [1.82, 2.24) is 9.80 Å². The summed E-state index contributed by atoms with van der Waals surface area (Å²) in [6, 6.07) is 5.30. The monoisotopic (exact) mass is 457 g/mol. The number of fused-ring (bicyclic) bond motifs is 1. The molecule has 3 unspecified atom stereocenters. The van der Waals surface area contributed by atoms with Gasteiger partial charge >= 0.3 is 6.03 Å². The molecular weight excluding hydrogens is 418 g/mol. The van der Waals surface area contributed by atoms with Crippen molar-refractivity contribution in [2.24, 2.45) is 17.6 Å². The zero-order chi connectivity index (χ0) is 24.0. The Balaban J connectivity index is 1.77. The minimum absolute atomic E-state index is 0.0214. The van der Waals surface area contributed by atoms with E-state index in [1.807, 2.05) is 18.2 Å². The number of hydrogen-bond donors (Lipinski definition) is 2. The van der Waals surface area contributed by atoms with E-state index in [0.717, 1.165) is 47.2 Å². The zero-order valence-corrected chi connectivity index (χ0v) is 20.5. The van der Waals surface area contributed by atoms with Crippen molar-refractivity contribution >= 4 is 11.9 Å². The standard InChI is InChI=1S/C26H39N3O4/c1-5-29(24(27)31)23(30)20-10-11-26(32)18(3)28(16-19-7-8-19)13-12-25(26,15-20)22-14-21(33-4)9-6-17(22)2/h6,9,14,18-20,32H,5,7-8,10-13,15-16H2,1-4H3,(H2,27,31)/t18?,20?,25-,26?/m1/s1. The molecule has 1 aliphatic heterocycles. The van der Waals surface area contributed by atoms with Gasteiger partial charge in [0.2, 0.25) is 5.91 Å². The Labute approximate surface area is 197 Å². The number of carbonyl (C=O) groups excluding carboxylic acids is 2. The molecule has 0 spiro atoms. The number of aliphatic hydroxyl groups is 1. The first kappa shape index (κ1) is 24.0. The maximum atomic E-state index is 13.3. The third kappa shape index (κ3) is 4.03. The molecule has 1 heterocycles. The van der Waals surface area contributed by atoms with Crippen LogP contribution >= 0.6 is 0 Å². The van der Waals surface area contributed by atoms with Crippen LogP contribution in [0.25, 0.3) is 0 Å². The van der Waals surface area contributed by atoms with Gasteiger partial charge in [0.1, 0.15) is 5.75 Å². The molecule has 1 saturated heterocycles. The van der Waals surface area contributed by atoms with Gasteiger partial charge in [-0.3, -0.25) is 14.6 Å². The fraction of sp³-hybridized carbons (Fsp3) is 0.692. The number of carbonyl (C=O) groups is 2. The van der Waals surface area contributed by atoms with E-state index in [9.17, 15) is 14.7 Å². The molecule has 1 aromatic carbocycles. The summed E-state index contributed by atoms with van der Waals surface area (Å²) in [5, 5.41) is 12.5. The number of piperidine rings is 1. The third-order valence-electron chi connectivity index (χ3n) is 8.71. The fourth-order valence-electron chi connectivity index (χ4n) is 6.54. The van der Waals surface area contributed by atoms with Gasteiger partial charge in [-0.25, -0.2) is 4.79 Å². The number of methoxy groups -OCH3 is 1. The third-order valence-corrected chi connectivity index (χ3v) is 8.71. The Morgan fingerprint density at radius 2 is 2.00 bits per heavy atom. The molecule has 0 radical (unpaired) electrons. The summed E-state index contributed by atoms with van der Waals surface area (Å²) in [7, 11) is 1.65. The first-order valence-electron chi connectivity index (χ1n) is 12.4. The van der Waals surface area contributed by atoms with Gasteiger partial charge in [0.05, 0.1) is 12.7 Å². The molecule has 7 nitrogen and oxygen atoms in total. The molecule has 3 aliphatic rings. The number of nitrogens with zero attached hydrogens (tertiary/aromatic N) is 2. The van der Waals surface area contributed by atoms with E-state index in [1.54, 1.807) is 14.0 Å². The van der Waals surface area contributed by atoms with Gasteiger partial charge in [-0.2, -0.15) is 0 Å². The lowest BCUT2D eigenvalue weighted by Crippen LogP contribution is -2.70. The van der Waals surface area contributed by atoms with Crippen LogP contribution in [0.3, 0.4) is 0 Å². The number of amides is 3. The summed E-state index contributed by atoms with van der Waals surface area (Å²) in [4.78, 5) is 28.8. The molecule has 2 aliphatic carbocycles. The van der Waals surface area contributed by atoms with Crippen LogP contribution in [-0.4, -0.2) is 65.2 Å². The highest BCUT2D eigenvalue weighted by molar-refractivity contribution is 5.95. The smallest absolute Gasteiger partial charge is 0.321 e. The topological polar surface area (TPSA) is 96.1 Å². The van der Waals surface area contributed by atoms with Gasteiger partial charge < -0.3 is 15.6 Å². The number of primary amides is 1. The average molecular weight is 458 g/mol. The predicted molar refractivity (Wildman–Crippen MR) is 127 cm³/mol. The lowest BCUT2D eigenvalue weighted by atomic mass is 9.51. The molecular formula is C26H39N3O4. The highest BCUT2D eigenvalue weighted by atomic mass is 16.5. The number of urea groups is 1. The van der Waals surface area contributed by atoms with Gasteiger partial charge in [0.25, 0.3) is 0 Å². The van der Waals surface area contributed by atoms with Crippen molar-refractivity contribution in [3.05, 3.63) is 29.3 Å². The summed E-state index contributed by atoms with van der Waals surface area (Å²) >= 11 is 0. The van der Waals surface area contributed by atoms with Crippen LogP contribution in [0.1, 0.15) is 63.5 Å². The first-order chi connectivity index (χ1) is 15.7. The summed E-state index contributed by atoms with van der Waals surface area (Å²) in [6.07, 6.45) is 4.88. The Bertz CT molecular complexity index is 917. The molecule has 33 heavy (non-hydrogen) atoms. The Kier molecular flexibility index (Phi) is 6.49. The molecule has 3 N–H and O–H groups in total. The fourth-order valence-corrected chi connectivity index (χ4v) is 6.54. The molecule has 0 aromatic heterocycles. The second-order valence-corrected chi connectivity index (χ2v) is 10.4. The average Bonchev–Trinajstić information content (AvgIpc) is 3.61. The molecule has 1 aromatic rings. The van der Waals surface area contributed by atoms with Crippen molar-refractivity contribution in [3.63, 3.8) is 0 Å². The van der Waals surface area contributed by atoms with Gasteiger partial charge in [-0.05, 0) is 95.0 Å². The quantitative estimate of drug-likeness (QED) is 0.684. The van der Waals surface area contributed by atoms with Crippen LogP contribution in [-0.2, 0) is 10.2 Å². The zero-order valence-electron chi connectivity index (χ0n) is 20.5. The number of ether oxygens (including phenoxy) is 1. The summed E-state index contributed by atoms with van der Waals surface area (Å²) in [5.41, 5.74) is 6.08. The molecule has 4 rings (SSSR count). The Morgan fingerprint density at radius 1 is 1.27 bits per heavy atom. The van der Waals surface area contributed by atoms with E-state index in [-0.39, 0.29) is 24.4 Å². The van der Waals surface area contributed by atoms with Crippen molar-refractivity contribution in [3.8, 4) is 5.75 Å². The minimum atomic E-state index is -0.974. The molecule has 0 bridgehead atoms. The van der Waals surface area contributed by atoms with E-state index >= 15 is 0 Å². The number of benzene rings is 1. The number of hydrogen-bond acceptors (Lipinski definition) is 5. The second-order valence-electron chi connectivity index (χ2n) is 10.4. The summed E-state index contributed by atoms with van der Waals surface area (Å²) < 4.78 is 5.55. The summed E-state index contributed by atoms with van der Waals surface area (Å²) in [5.74, 6) is 0.917. The molecule has 182 valence electrons. The van der Waals surface area contributed by atoms with Crippen LogP contribution in [0.4, 0.5) is 4.79 Å². The van der Waals surface area contributed by atoms with Gasteiger partial charge in [-0.15, -0.1) is 0 Å². The van der Waals surface area contributed by atoms with Gasteiger partial charge in [-0.1, -0.05) is 6.07 Å². The first-order valence-corrected chi connectivity index (χ1v) is 12.4. The normalized spacial score (nSPS) is 32.2. The molecule has 3 amide bonds. The lowest BCUT2D eigenvalue weighted by Gasteiger charge is -2.61. The van der Waals surface area contributed by atoms with E-state index in [0.29, 0.717) is 19.3 Å². The Hall–Kier alpha value is -2.12. The van der Waals surface area contributed by atoms with Crippen LogP contribution in [0.2, 0.25) is 0 Å². The molecule has 3 fully saturated rings. The van der Waals surface area contributed by atoms with Crippen LogP contribution in [0.15, 0.2) is 18.2 Å². The van der Waals surface area contributed by atoms with Gasteiger partial charge in [0, 0.05) is 30.5 Å². The number of rotatable bonds is 6. The van der Waals surface area contributed by atoms with Crippen molar-refractivity contribution in [2.75, 3.05) is 26.7 Å². The van der Waals surface area contributed by atoms with Crippen LogP contribution < -0.4 is 10.5 Å². The summed E-state index contributed by atoms with van der Waals surface area (Å²) in [6.45, 7) is 8.15. The van der Waals surface area contributed by atoms with E-state index in [4.69, 9.17) is 10.5 Å². The number of likely N-dealkylation sites (tertiary alicyclic amines) is 1. The molecule has 7 heteroatoms. The number of nitrogens with two attached hydrogens (primary N) is 1. The SMILES string of the molecule is CCN(C(N)=O)C(=O)C1CCC2(O)C(C)N(CC3CC3)CC[C@]2(c2cc(OC)ccc2C)C1. The largest absolute Gasteiger partial charge is 0.497 e. The van der Waals surface area contributed by atoms with Crippen molar-refractivity contribution < 1.29 is 19.4 Å². The highest BCUT2D eigenvalue weighted by Crippen LogP contribution is 2.57. The lowest BCUT2D eigenvalue weighted by molar-refractivity contribution is -0.170. The van der Waals surface area contributed by atoms with E-state index in [2.05, 4.69) is 18.7 Å². The van der Waals surface area contributed by atoms with Crippen molar-refractivity contribution in [1.29, 1.82) is 0 Å². The second kappa shape index (κ2) is 8.91.